The Morgan fingerprint density at radius 1 is 1.00 bits per heavy atom. The Morgan fingerprint density at radius 3 is 2.57 bits per heavy atom. The van der Waals surface area contributed by atoms with Crippen LogP contribution in [0.5, 0.6) is 0 Å². The average Bonchev–Trinajstić information content (AvgIpc) is 3.34. The van der Waals surface area contributed by atoms with E-state index < -0.39 is 0 Å². The van der Waals surface area contributed by atoms with Crippen molar-refractivity contribution in [1.29, 1.82) is 0 Å². The molecule has 1 aliphatic rings. The van der Waals surface area contributed by atoms with E-state index in [-0.39, 0.29) is 5.82 Å². The smallest absolute Gasteiger partial charge is 0.245 e. The van der Waals surface area contributed by atoms with Gasteiger partial charge in [-0.15, -0.1) is 5.10 Å². The molecule has 1 aromatic carbocycles. The largest absolute Gasteiger partial charge is 0.367 e. The molecule has 30 heavy (non-hydrogen) atoms. The molecule has 3 aromatic heterocycles. The number of aromatic nitrogens is 5. The Morgan fingerprint density at radius 2 is 1.83 bits per heavy atom. The molecule has 0 spiro atoms. The van der Waals surface area contributed by atoms with Crippen molar-refractivity contribution in [2.24, 2.45) is 7.05 Å². The second kappa shape index (κ2) is 7.42. The monoisotopic (exact) mass is 406 g/mol. The van der Waals surface area contributed by atoms with Crippen LogP contribution in [0.1, 0.15) is 0 Å². The van der Waals surface area contributed by atoms with E-state index in [1.165, 1.54) is 6.07 Å². The van der Waals surface area contributed by atoms with E-state index in [2.05, 4.69) is 37.3 Å². The molecule has 4 heterocycles. The van der Waals surface area contributed by atoms with Gasteiger partial charge < -0.3 is 15.1 Å². The number of fused-ring (bicyclic) bond motifs is 1. The fourth-order valence-corrected chi connectivity index (χ4v) is 3.75. The van der Waals surface area contributed by atoms with E-state index in [1.54, 1.807) is 21.6 Å². The molecule has 154 valence electrons. The summed E-state index contributed by atoms with van der Waals surface area (Å²) in [6.45, 7) is 3.52. The van der Waals surface area contributed by atoms with Crippen LogP contribution in [0.4, 0.5) is 21.7 Å². The van der Waals surface area contributed by atoms with E-state index in [1.807, 2.05) is 37.5 Å². The van der Waals surface area contributed by atoms with Crippen molar-refractivity contribution in [3.05, 3.63) is 54.7 Å². The van der Waals surface area contributed by atoms with Crippen LogP contribution in [-0.4, -0.2) is 62.5 Å². The number of benzene rings is 1. The molecule has 8 nitrogen and oxygen atoms in total. The third-order valence-electron chi connectivity index (χ3n) is 5.45. The van der Waals surface area contributed by atoms with Gasteiger partial charge in [0, 0.05) is 50.7 Å². The number of likely N-dealkylation sites (N-methyl/N-ethyl adjacent to an activating group) is 1. The van der Waals surface area contributed by atoms with Gasteiger partial charge in [0.15, 0.2) is 0 Å². The summed E-state index contributed by atoms with van der Waals surface area (Å²) in [5, 5.41) is 11.9. The Kier molecular flexibility index (Phi) is 4.59. The summed E-state index contributed by atoms with van der Waals surface area (Å²) in [4.78, 5) is 8.70. The third kappa shape index (κ3) is 3.48. The molecule has 0 aliphatic carbocycles. The third-order valence-corrected chi connectivity index (χ3v) is 5.45. The minimum absolute atomic E-state index is 0.248. The van der Waals surface area contributed by atoms with Crippen molar-refractivity contribution in [1.82, 2.24) is 29.3 Å². The van der Waals surface area contributed by atoms with Gasteiger partial charge >= 0.3 is 0 Å². The number of nitrogens with zero attached hydrogens (tertiary/aromatic N) is 7. The Hall–Kier alpha value is -3.46. The molecular formula is C21H23FN8. The summed E-state index contributed by atoms with van der Waals surface area (Å²) in [7, 11) is 3.96. The van der Waals surface area contributed by atoms with E-state index in [0.29, 0.717) is 17.3 Å². The van der Waals surface area contributed by atoms with Crippen LogP contribution in [-0.2, 0) is 7.05 Å². The molecule has 0 bridgehead atoms. The Labute approximate surface area is 173 Å². The normalized spacial score (nSPS) is 15.1. The standard InChI is InChI=1S/C21H23FN8/c1-27-7-9-29(10-8-27)20-5-3-16(11-18(20)22)25-21-23-13-17-4-6-19(30(17)26-21)15-12-24-28(2)14-15/h3-6,11-14H,7-10H2,1-2H3,(H,25,26). The molecule has 1 saturated heterocycles. The Bertz CT molecular complexity index is 1190. The molecule has 4 aromatic rings. The number of anilines is 3. The van der Waals surface area contributed by atoms with Gasteiger partial charge in [0.2, 0.25) is 5.95 Å². The van der Waals surface area contributed by atoms with Crippen LogP contribution >= 0.6 is 0 Å². The molecule has 1 fully saturated rings. The van der Waals surface area contributed by atoms with Gasteiger partial charge in [-0.3, -0.25) is 4.68 Å². The first kappa shape index (κ1) is 18.6. The molecule has 0 amide bonds. The number of hydrogen-bond acceptors (Lipinski definition) is 6. The summed E-state index contributed by atoms with van der Waals surface area (Å²) in [5.41, 5.74) is 4.00. The number of nitrogens with one attached hydrogen (secondary N) is 1. The predicted octanol–water partition coefficient (Wildman–Crippen LogP) is 2.76. The van der Waals surface area contributed by atoms with Crippen LogP contribution in [0, 0.1) is 5.82 Å². The molecule has 0 saturated carbocycles. The first-order chi connectivity index (χ1) is 14.6. The minimum atomic E-state index is -0.248. The average molecular weight is 406 g/mol. The summed E-state index contributed by atoms with van der Waals surface area (Å²) < 4.78 is 18.3. The Balaban J connectivity index is 1.39. The highest BCUT2D eigenvalue weighted by atomic mass is 19.1. The molecule has 0 unspecified atom stereocenters. The first-order valence-corrected chi connectivity index (χ1v) is 9.91. The molecule has 1 aliphatic heterocycles. The minimum Gasteiger partial charge on any atom is -0.367 e. The van der Waals surface area contributed by atoms with Crippen LogP contribution in [0.3, 0.4) is 0 Å². The van der Waals surface area contributed by atoms with Gasteiger partial charge in [-0.25, -0.2) is 13.9 Å². The zero-order chi connectivity index (χ0) is 20.7. The van der Waals surface area contributed by atoms with Crippen molar-refractivity contribution in [3.63, 3.8) is 0 Å². The number of halogens is 1. The fourth-order valence-electron chi connectivity index (χ4n) is 3.75. The van der Waals surface area contributed by atoms with E-state index in [4.69, 9.17) is 0 Å². The predicted molar refractivity (Wildman–Crippen MR) is 115 cm³/mol. The number of rotatable bonds is 4. The zero-order valence-electron chi connectivity index (χ0n) is 17.0. The van der Waals surface area contributed by atoms with Gasteiger partial charge in [-0.1, -0.05) is 0 Å². The number of hydrogen-bond donors (Lipinski definition) is 1. The van der Waals surface area contributed by atoms with Gasteiger partial charge in [0.05, 0.1) is 29.3 Å². The van der Waals surface area contributed by atoms with Crippen LogP contribution < -0.4 is 10.2 Å². The maximum absolute atomic E-state index is 14.8. The second-order valence-corrected chi connectivity index (χ2v) is 7.62. The van der Waals surface area contributed by atoms with Crippen molar-refractivity contribution >= 4 is 22.8 Å². The highest BCUT2D eigenvalue weighted by Crippen LogP contribution is 2.26. The lowest BCUT2D eigenvalue weighted by atomic mass is 10.2. The molecule has 1 N–H and O–H groups in total. The highest BCUT2D eigenvalue weighted by Gasteiger charge is 2.18. The maximum Gasteiger partial charge on any atom is 0.245 e. The lowest BCUT2D eigenvalue weighted by Crippen LogP contribution is -2.44. The topological polar surface area (TPSA) is 66.5 Å². The fraction of sp³-hybridized carbons (Fsp3) is 0.286. The van der Waals surface area contributed by atoms with E-state index in [9.17, 15) is 4.39 Å². The van der Waals surface area contributed by atoms with Crippen molar-refractivity contribution in [2.75, 3.05) is 43.4 Å². The SMILES string of the molecule is CN1CCN(c2ccc(Nc3ncc4ccc(-c5cnn(C)c5)n4n3)cc2F)CC1. The van der Waals surface area contributed by atoms with Gasteiger partial charge in [0.25, 0.3) is 0 Å². The van der Waals surface area contributed by atoms with E-state index in [0.717, 1.165) is 43.0 Å². The highest BCUT2D eigenvalue weighted by molar-refractivity contribution is 5.66. The summed E-state index contributed by atoms with van der Waals surface area (Å²) >= 11 is 0. The molecule has 0 radical (unpaired) electrons. The quantitative estimate of drug-likeness (QED) is 0.562. The zero-order valence-corrected chi connectivity index (χ0v) is 17.0. The first-order valence-electron chi connectivity index (χ1n) is 9.91. The van der Waals surface area contributed by atoms with Crippen molar-refractivity contribution < 1.29 is 4.39 Å². The number of aryl methyl sites for hydroxylation is 1. The molecule has 5 rings (SSSR count). The molecular weight excluding hydrogens is 383 g/mol. The summed E-state index contributed by atoms with van der Waals surface area (Å²) in [6, 6.07) is 9.12. The molecule has 0 atom stereocenters. The van der Waals surface area contributed by atoms with Crippen LogP contribution in [0.2, 0.25) is 0 Å². The van der Waals surface area contributed by atoms with Crippen molar-refractivity contribution in [2.45, 2.75) is 0 Å². The maximum atomic E-state index is 14.8. The second-order valence-electron chi connectivity index (χ2n) is 7.62. The lowest BCUT2D eigenvalue weighted by molar-refractivity contribution is 0.311. The molecule has 9 heteroatoms. The van der Waals surface area contributed by atoms with E-state index >= 15 is 0 Å². The summed E-state index contributed by atoms with van der Waals surface area (Å²) in [6.07, 6.45) is 5.47. The van der Waals surface area contributed by atoms with Gasteiger partial charge in [-0.2, -0.15) is 5.10 Å². The number of piperazine rings is 1. The van der Waals surface area contributed by atoms with Gasteiger partial charge in [-0.05, 0) is 37.4 Å². The van der Waals surface area contributed by atoms with Crippen LogP contribution in [0.25, 0.3) is 16.8 Å². The van der Waals surface area contributed by atoms with Gasteiger partial charge in [0.1, 0.15) is 5.82 Å². The summed E-state index contributed by atoms with van der Waals surface area (Å²) in [5.74, 6) is 0.151. The lowest BCUT2D eigenvalue weighted by Gasteiger charge is -2.34. The van der Waals surface area contributed by atoms with Crippen LogP contribution in [0.15, 0.2) is 48.9 Å². The van der Waals surface area contributed by atoms with Crippen molar-refractivity contribution in [3.8, 4) is 11.3 Å².